The van der Waals surface area contributed by atoms with Gasteiger partial charge in [-0.25, -0.2) is 0 Å². The quantitative estimate of drug-likeness (QED) is 0.850. The van der Waals surface area contributed by atoms with Crippen molar-refractivity contribution in [1.82, 2.24) is 0 Å². The van der Waals surface area contributed by atoms with Crippen LogP contribution in [-0.4, -0.2) is 25.5 Å². The summed E-state index contributed by atoms with van der Waals surface area (Å²) in [4.78, 5) is 0. The third-order valence-corrected chi connectivity index (χ3v) is 3.10. The Kier molecular flexibility index (Phi) is 4.54. The van der Waals surface area contributed by atoms with Crippen LogP contribution in [0.2, 0.25) is 0 Å². The summed E-state index contributed by atoms with van der Waals surface area (Å²) in [6.45, 7) is 2.26. The molecule has 3 nitrogen and oxygen atoms in total. The lowest BCUT2D eigenvalue weighted by atomic mass is 9.99. The first-order chi connectivity index (χ1) is 8.35. The highest BCUT2D eigenvalue weighted by Gasteiger charge is 2.34. The van der Waals surface area contributed by atoms with Gasteiger partial charge in [0.2, 0.25) is 0 Å². The number of hydrogen-bond acceptors (Lipinski definition) is 3. The molecule has 1 aliphatic heterocycles. The molecule has 1 aromatic rings. The van der Waals surface area contributed by atoms with Gasteiger partial charge in [-0.3, -0.25) is 0 Å². The first kappa shape index (κ1) is 12.6. The van der Waals surface area contributed by atoms with Crippen molar-refractivity contribution in [1.29, 1.82) is 0 Å². The maximum absolute atomic E-state index is 5.89. The molecular weight excluding hydrogens is 214 g/mol. The minimum absolute atomic E-state index is 0.445. The van der Waals surface area contributed by atoms with Crippen LogP contribution < -0.4 is 5.73 Å². The molecule has 94 valence electrons. The van der Waals surface area contributed by atoms with E-state index in [0.717, 1.165) is 38.9 Å². The predicted octanol–water partition coefficient (Wildman–Crippen LogP) is 2.10. The van der Waals surface area contributed by atoms with Gasteiger partial charge >= 0.3 is 0 Å². The van der Waals surface area contributed by atoms with Gasteiger partial charge in [0.25, 0.3) is 0 Å². The van der Waals surface area contributed by atoms with E-state index in [2.05, 4.69) is 24.3 Å². The van der Waals surface area contributed by atoms with E-state index in [4.69, 9.17) is 15.2 Å². The molecule has 2 N–H and O–H groups in total. The van der Waals surface area contributed by atoms with Crippen molar-refractivity contribution in [3.8, 4) is 0 Å². The average molecular weight is 235 g/mol. The van der Waals surface area contributed by atoms with E-state index in [1.165, 1.54) is 5.56 Å². The van der Waals surface area contributed by atoms with Gasteiger partial charge in [0.05, 0.1) is 13.2 Å². The minimum Gasteiger partial charge on any atom is -0.349 e. The highest BCUT2D eigenvalue weighted by Crippen LogP contribution is 2.28. The Bertz CT molecular complexity index is 320. The van der Waals surface area contributed by atoms with Crippen molar-refractivity contribution in [3.63, 3.8) is 0 Å². The van der Waals surface area contributed by atoms with Crippen LogP contribution in [0.3, 0.4) is 0 Å². The topological polar surface area (TPSA) is 44.5 Å². The molecule has 1 aromatic carbocycles. The van der Waals surface area contributed by atoms with Crippen molar-refractivity contribution in [2.24, 2.45) is 5.73 Å². The predicted molar refractivity (Wildman–Crippen MR) is 67.7 cm³/mol. The van der Waals surface area contributed by atoms with Crippen LogP contribution in [0.15, 0.2) is 30.3 Å². The van der Waals surface area contributed by atoms with Crippen LogP contribution in [0.4, 0.5) is 0 Å². The molecule has 0 amide bonds. The molecule has 0 aromatic heterocycles. The zero-order chi connectivity index (χ0) is 12.0. The van der Waals surface area contributed by atoms with Gasteiger partial charge in [-0.05, 0) is 24.9 Å². The SMILES string of the molecule is NCCCC1(Cc2ccccc2)OCCCO1. The van der Waals surface area contributed by atoms with Crippen molar-refractivity contribution in [2.75, 3.05) is 19.8 Å². The van der Waals surface area contributed by atoms with Gasteiger partial charge in [0.1, 0.15) is 0 Å². The minimum atomic E-state index is -0.445. The largest absolute Gasteiger partial charge is 0.349 e. The standard InChI is InChI=1S/C14H21NO2/c15-9-4-8-14(16-10-5-11-17-14)12-13-6-2-1-3-7-13/h1-3,6-7H,4-5,8-12,15H2. The highest BCUT2D eigenvalue weighted by atomic mass is 16.7. The Hall–Kier alpha value is -0.900. The van der Waals surface area contributed by atoms with Crippen LogP contribution in [0.5, 0.6) is 0 Å². The molecular formula is C14H21NO2. The fourth-order valence-electron chi connectivity index (χ4n) is 2.23. The van der Waals surface area contributed by atoms with Gasteiger partial charge in [0.15, 0.2) is 5.79 Å². The third kappa shape index (κ3) is 3.53. The van der Waals surface area contributed by atoms with Crippen molar-refractivity contribution in [2.45, 2.75) is 31.5 Å². The second-order valence-corrected chi connectivity index (χ2v) is 4.52. The van der Waals surface area contributed by atoms with Crippen molar-refractivity contribution < 1.29 is 9.47 Å². The summed E-state index contributed by atoms with van der Waals surface area (Å²) in [7, 11) is 0. The molecule has 1 fully saturated rings. The Morgan fingerprint density at radius 2 is 1.82 bits per heavy atom. The highest BCUT2D eigenvalue weighted by molar-refractivity contribution is 5.16. The van der Waals surface area contributed by atoms with Crippen LogP contribution in [-0.2, 0) is 15.9 Å². The Morgan fingerprint density at radius 3 is 2.47 bits per heavy atom. The first-order valence-corrected chi connectivity index (χ1v) is 6.37. The van der Waals surface area contributed by atoms with Crippen LogP contribution in [0, 0.1) is 0 Å². The number of nitrogens with two attached hydrogens (primary N) is 1. The number of rotatable bonds is 5. The molecule has 2 rings (SSSR count). The van der Waals surface area contributed by atoms with Crippen LogP contribution in [0.1, 0.15) is 24.8 Å². The number of hydrogen-bond donors (Lipinski definition) is 1. The summed E-state index contributed by atoms with van der Waals surface area (Å²) in [6.07, 6.45) is 3.61. The monoisotopic (exact) mass is 235 g/mol. The normalized spacial score (nSPS) is 19.1. The number of ether oxygens (including phenoxy) is 2. The van der Waals surface area contributed by atoms with E-state index in [9.17, 15) is 0 Å². The van der Waals surface area contributed by atoms with Gasteiger partial charge in [-0.15, -0.1) is 0 Å². The fraction of sp³-hybridized carbons (Fsp3) is 0.571. The second-order valence-electron chi connectivity index (χ2n) is 4.52. The molecule has 1 heterocycles. The van der Waals surface area contributed by atoms with E-state index in [0.29, 0.717) is 6.54 Å². The Labute approximate surface area is 103 Å². The number of benzene rings is 1. The summed E-state index contributed by atoms with van der Waals surface area (Å²) in [5, 5.41) is 0. The van der Waals surface area contributed by atoms with Gasteiger partial charge in [-0.1, -0.05) is 30.3 Å². The van der Waals surface area contributed by atoms with E-state index in [-0.39, 0.29) is 0 Å². The molecule has 1 aliphatic rings. The van der Waals surface area contributed by atoms with E-state index in [1.54, 1.807) is 0 Å². The lowest BCUT2D eigenvalue weighted by molar-refractivity contribution is -0.269. The molecule has 0 unspecified atom stereocenters. The Balaban J connectivity index is 2.04. The van der Waals surface area contributed by atoms with Gasteiger partial charge < -0.3 is 15.2 Å². The van der Waals surface area contributed by atoms with E-state index in [1.807, 2.05) is 6.07 Å². The molecule has 0 aliphatic carbocycles. The smallest absolute Gasteiger partial charge is 0.172 e. The summed E-state index contributed by atoms with van der Waals surface area (Å²) in [5.74, 6) is -0.445. The molecule has 3 heteroatoms. The fourth-order valence-corrected chi connectivity index (χ4v) is 2.23. The summed E-state index contributed by atoms with van der Waals surface area (Å²) >= 11 is 0. The lowest BCUT2D eigenvalue weighted by Crippen LogP contribution is -2.43. The van der Waals surface area contributed by atoms with E-state index >= 15 is 0 Å². The van der Waals surface area contributed by atoms with Crippen LogP contribution >= 0.6 is 0 Å². The first-order valence-electron chi connectivity index (χ1n) is 6.37. The average Bonchev–Trinajstić information content (AvgIpc) is 2.39. The maximum Gasteiger partial charge on any atom is 0.172 e. The molecule has 0 saturated carbocycles. The summed E-state index contributed by atoms with van der Waals surface area (Å²) in [6, 6.07) is 10.4. The molecule has 1 saturated heterocycles. The summed E-state index contributed by atoms with van der Waals surface area (Å²) < 4.78 is 11.8. The molecule has 0 spiro atoms. The summed E-state index contributed by atoms with van der Waals surface area (Å²) in [5.41, 5.74) is 6.84. The van der Waals surface area contributed by atoms with Gasteiger partial charge in [0, 0.05) is 12.8 Å². The van der Waals surface area contributed by atoms with Gasteiger partial charge in [-0.2, -0.15) is 0 Å². The van der Waals surface area contributed by atoms with Crippen molar-refractivity contribution >= 4 is 0 Å². The second kappa shape index (κ2) is 6.15. The molecule has 0 radical (unpaired) electrons. The molecule has 0 bridgehead atoms. The zero-order valence-electron chi connectivity index (χ0n) is 10.2. The van der Waals surface area contributed by atoms with E-state index < -0.39 is 5.79 Å². The zero-order valence-corrected chi connectivity index (χ0v) is 10.2. The molecule has 0 atom stereocenters. The Morgan fingerprint density at radius 1 is 1.12 bits per heavy atom. The lowest BCUT2D eigenvalue weighted by Gasteiger charge is -2.37. The molecule has 17 heavy (non-hydrogen) atoms. The van der Waals surface area contributed by atoms with Crippen LogP contribution in [0.25, 0.3) is 0 Å². The maximum atomic E-state index is 5.89. The van der Waals surface area contributed by atoms with Crippen molar-refractivity contribution in [3.05, 3.63) is 35.9 Å². The third-order valence-electron chi connectivity index (χ3n) is 3.10.